The molecule has 1 fully saturated rings. The maximum absolute atomic E-state index is 11.7. The van der Waals surface area contributed by atoms with Crippen LogP contribution in [0.3, 0.4) is 0 Å². The van der Waals surface area contributed by atoms with E-state index in [1.165, 1.54) is 0 Å². The summed E-state index contributed by atoms with van der Waals surface area (Å²) >= 11 is 6.70. The number of benzene rings is 4. The van der Waals surface area contributed by atoms with E-state index in [1.54, 1.807) is 30.3 Å². The number of aliphatic carboxylic acids is 1. The average molecular weight is 611 g/mol. The molecule has 1 heterocycles. The molecule has 9 heteroatoms. The highest BCUT2D eigenvalue weighted by Gasteiger charge is 2.49. The summed E-state index contributed by atoms with van der Waals surface area (Å²) in [6.45, 7) is 3.87. The second kappa shape index (κ2) is 12.5. The fraction of sp³-hybridized carbons (Fsp3) is 0.257. The maximum Gasteiger partial charge on any atom is 0.323 e. The molecule has 0 radical (unpaired) electrons. The number of carboxylic acid groups (broad SMARTS) is 1. The molecule has 0 amide bonds. The minimum Gasteiger partial charge on any atom is -0.488 e. The zero-order chi connectivity index (χ0) is 30.7. The Kier molecular flexibility index (Phi) is 8.34. The molecule has 2 aliphatic rings. The first-order valence-electron chi connectivity index (χ1n) is 14.4. The summed E-state index contributed by atoms with van der Waals surface area (Å²) in [5, 5.41) is 22.4. The van der Waals surface area contributed by atoms with Crippen LogP contribution < -0.4 is 24.3 Å². The molecular formula is C35H31ClN2O6. The summed E-state index contributed by atoms with van der Waals surface area (Å²) in [5.41, 5.74) is 5.31. The van der Waals surface area contributed by atoms with Gasteiger partial charge in [-0.25, -0.2) is 0 Å². The number of hydrogen-bond acceptors (Lipinski definition) is 7. The van der Waals surface area contributed by atoms with Gasteiger partial charge in [-0.2, -0.15) is 5.26 Å². The van der Waals surface area contributed by atoms with Gasteiger partial charge < -0.3 is 24.1 Å². The third-order valence-electron chi connectivity index (χ3n) is 8.02. The van der Waals surface area contributed by atoms with Gasteiger partial charge in [0.1, 0.15) is 43.5 Å². The molecule has 0 spiro atoms. The largest absolute Gasteiger partial charge is 0.488 e. The fourth-order valence-electron chi connectivity index (χ4n) is 5.23. The molecule has 1 aliphatic heterocycles. The first kappa shape index (κ1) is 29.4. The van der Waals surface area contributed by atoms with Crippen LogP contribution in [0.1, 0.15) is 40.7 Å². The highest BCUT2D eigenvalue weighted by molar-refractivity contribution is 6.32. The highest BCUT2D eigenvalue weighted by Crippen LogP contribution is 2.39. The number of halogens is 1. The first-order valence-corrected chi connectivity index (χ1v) is 14.8. The van der Waals surface area contributed by atoms with Crippen molar-refractivity contribution in [1.82, 2.24) is 5.32 Å². The maximum atomic E-state index is 11.7. The van der Waals surface area contributed by atoms with Gasteiger partial charge in [-0.05, 0) is 77.9 Å². The van der Waals surface area contributed by atoms with Gasteiger partial charge in [-0.1, -0.05) is 48.0 Å². The summed E-state index contributed by atoms with van der Waals surface area (Å²) in [7, 11) is 0. The molecule has 2 N–H and O–H groups in total. The Labute approximate surface area is 260 Å². The number of fused-ring (bicyclic) bond motifs is 1. The van der Waals surface area contributed by atoms with Gasteiger partial charge in [0.25, 0.3) is 0 Å². The van der Waals surface area contributed by atoms with Crippen molar-refractivity contribution < 1.29 is 28.8 Å². The fourth-order valence-corrected chi connectivity index (χ4v) is 5.47. The number of nitrogens with zero attached hydrogens (tertiary/aromatic N) is 1. The van der Waals surface area contributed by atoms with E-state index in [2.05, 4.69) is 24.4 Å². The lowest BCUT2D eigenvalue weighted by molar-refractivity contribution is -0.140. The molecular weight excluding hydrogens is 580 g/mol. The second-order valence-electron chi connectivity index (χ2n) is 11.0. The standard InChI is InChI=1S/C35H31ClN2O6/c1-22-26(6-3-7-28(22)25-8-9-30-33(16-25)42-13-12-41-30)21-44-32-17-31(43-20-24-5-2-4-23(14-24)18-37)27(15-29(32)36)19-38-35(10-11-35)34(39)40/h2-9,14-17,38H,10-13,19-21H2,1H3,(H,39,40). The van der Waals surface area contributed by atoms with Gasteiger partial charge >= 0.3 is 5.97 Å². The van der Waals surface area contributed by atoms with Crippen molar-refractivity contribution in [3.05, 3.63) is 106 Å². The van der Waals surface area contributed by atoms with Crippen molar-refractivity contribution in [3.63, 3.8) is 0 Å². The molecule has 4 aromatic carbocycles. The molecule has 1 aliphatic carbocycles. The Balaban J connectivity index is 1.23. The number of nitriles is 1. The van der Waals surface area contributed by atoms with Crippen molar-refractivity contribution in [2.45, 2.75) is 45.1 Å². The van der Waals surface area contributed by atoms with Gasteiger partial charge in [-0.3, -0.25) is 10.1 Å². The van der Waals surface area contributed by atoms with Crippen LogP contribution in [0.15, 0.2) is 72.8 Å². The number of hydrogen-bond donors (Lipinski definition) is 2. The quantitative estimate of drug-likeness (QED) is 0.190. The molecule has 224 valence electrons. The van der Waals surface area contributed by atoms with Crippen LogP contribution in [0.2, 0.25) is 5.02 Å². The van der Waals surface area contributed by atoms with E-state index in [-0.39, 0.29) is 19.8 Å². The van der Waals surface area contributed by atoms with E-state index >= 15 is 0 Å². The topological polar surface area (TPSA) is 110 Å². The van der Waals surface area contributed by atoms with Crippen molar-refractivity contribution in [1.29, 1.82) is 5.26 Å². The van der Waals surface area contributed by atoms with E-state index in [4.69, 9.17) is 30.5 Å². The van der Waals surface area contributed by atoms with Gasteiger partial charge in [0.05, 0.1) is 16.7 Å². The zero-order valence-corrected chi connectivity index (χ0v) is 24.9. The number of carbonyl (C=O) groups is 1. The van der Waals surface area contributed by atoms with Gasteiger partial charge in [0.2, 0.25) is 0 Å². The smallest absolute Gasteiger partial charge is 0.323 e. The number of rotatable bonds is 11. The van der Waals surface area contributed by atoms with E-state index in [1.807, 2.05) is 36.4 Å². The molecule has 0 unspecified atom stereocenters. The van der Waals surface area contributed by atoms with E-state index < -0.39 is 11.5 Å². The monoisotopic (exact) mass is 610 g/mol. The molecule has 0 atom stereocenters. The molecule has 0 saturated heterocycles. The number of carboxylic acids is 1. The van der Waals surface area contributed by atoms with Gasteiger partial charge in [-0.15, -0.1) is 0 Å². The van der Waals surface area contributed by atoms with Gasteiger partial charge in [0, 0.05) is 18.2 Å². The molecule has 4 aromatic rings. The third-order valence-corrected chi connectivity index (χ3v) is 8.32. The zero-order valence-electron chi connectivity index (χ0n) is 24.2. The predicted octanol–water partition coefficient (Wildman–Crippen LogP) is 6.82. The predicted molar refractivity (Wildman–Crippen MR) is 165 cm³/mol. The van der Waals surface area contributed by atoms with Gasteiger partial charge in [0.15, 0.2) is 11.5 Å². The molecule has 1 saturated carbocycles. The number of ether oxygens (including phenoxy) is 4. The third kappa shape index (κ3) is 6.30. The highest BCUT2D eigenvalue weighted by atomic mass is 35.5. The van der Waals surface area contributed by atoms with Crippen molar-refractivity contribution in [3.8, 4) is 40.2 Å². The molecule has 0 bridgehead atoms. The van der Waals surface area contributed by atoms with E-state index in [0.29, 0.717) is 53.7 Å². The summed E-state index contributed by atoms with van der Waals surface area (Å²) in [4.78, 5) is 11.7. The summed E-state index contributed by atoms with van der Waals surface area (Å²) in [6, 6.07) is 24.9. The van der Waals surface area contributed by atoms with E-state index in [9.17, 15) is 15.2 Å². The lowest BCUT2D eigenvalue weighted by Gasteiger charge is -2.20. The summed E-state index contributed by atoms with van der Waals surface area (Å²) in [6.07, 6.45) is 1.14. The van der Waals surface area contributed by atoms with Crippen LogP contribution in [0.25, 0.3) is 11.1 Å². The molecule has 8 nitrogen and oxygen atoms in total. The normalized spacial score (nSPS) is 14.4. The Morgan fingerprint density at radius 3 is 2.50 bits per heavy atom. The average Bonchev–Trinajstić information content (AvgIpc) is 3.84. The lowest BCUT2D eigenvalue weighted by Crippen LogP contribution is -2.38. The summed E-state index contributed by atoms with van der Waals surface area (Å²) < 4.78 is 23.9. The van der Waals surface area contributed by atoms with Crippen molar-refractivity contribution in [2.24, 2.45) is 0 Å². The SMILES string of the molecule is Cc1c(COc2cc(OCc3cccc(C#N)c3)c(CNC3(C(=O)O)CC3)cc2Cl)cccc1-c1ccc2c(c1)OCCO2. The van der Waals surface area contributed by atoms with Crippen LogP contribution in [-0.2, 0) is 24.6 Å². The Hall–Kier alpha value is -4.71. The minimum absolute atomic E-state index is 0.213. The van der Waals surface area contributed by atoms with Crippen LogP contribution in [0.5, 0.6) is 23.0 Å². The Bertz CT molecular complexity index is 1760. The van der Waals surface area contributed by atoms with Crippen molar-refractivity contribution >= 4 is 17.6 Å². The first-order chi connectivity index (χ1) is 21.3. The van der Waals surface area contributed by atoms with Crippen LogP contribution in [-0.4, -0.2) is 29.8 Å². The molecule has 44 heavy (non-hydrogen) atoms. The Morgan fingerprint density at radius 1 is 0.955 bits per heavy atom. The summed E-state index contributed by atoms with van der Waals surface area (Å²) in [5.74, 6) is 1.57. The lowest BCUT2D eigenvalue weighted by atomic mass is 9.96. The van der Waals surface area contributed by atoms with Crippen LogP contribution in [0.4, 0.5) is 0 Å². The molecule has 0 aromatic heterocycles. The molecule has 6 rings (SSSR count). The van der Waals surface area contributed by atoms with Crippen molar-refractivity contribution in [2.75, 3.05) is 13.2 Å². The van der Waals surface area contributed by atoms with Crippen LogP contribution >= 0.6 is 11.6 Å². The van der Waals surface area contributed by atoms with E-state index in [0.717, 1.165) is 39.3 Å². The Morgan fingerprint density at radius 2 is 1.73 bits per heavy atom. The number of nitrogens with one attached hydrogen (secondary N) is 1. The second-order valence-corrected chi connectivity index (χ2v) is 11.4. The van der Waals surface area contributed by atoms with Crippen LogP contribution in [0, 0.1) is 18.3 Å². The minimum atomic E-state index is -0.917.